The number of carbonyl (C=O) groups is 2. The number of benzene rings is 1. The van der Waals surface area contributed by atoms with Crippen LogP contribution in [0.4, 0.5) is 4.79 Å². The van der Waals surface area contributed by atoms with Crippen LogP contribution in [0.15, 0.2) is 24.3 Å². The summed E-state index contributed by atoms with van der Waals surface area (Å²) >= 11 is 0. The van der Waals surface area contributed by atoms with Crippen LogP contribution in [-0.4, -0.2) is 36.0 Å². The van der Waals surface area contributed by atoms with Gasteiger partial charge in [0.15, 0.2) is 0 Å². The van der Waals surface area contributed by atoms with Crippen LogP contribution in [0, 0.1) is 5.92 Å². The highest BCUT2D eigenvalue weighted by Crippen LogP contribution is 2.23. The number of aryl methyl sites for hydroxylation is 1. The Hall–Kier alpha value is -1.88. The fraction of sp³-hybridized carbons (Fsp3) is 0.556. The number of hydrogen-bond acceptors (Lipinski definition) is 3. The molecule has 126 valence electrons. The first-order chi connectivity index (χ1) is 10.9. The molecule has 1 saturated heterocycles. The van der Waals surface area contributed by atoms with E-state index in [9.17, 15) is 9.59 Å². The SMILES string of the molecule is CCc1ccc([C@@H](N[C@H](C)C(=O)N2CCNC2=O)C(C)C)cc1. The Morgan fingerprint density at radius 1 is 1.26 bits per heavy atom. The lowest BCUT2D eigenvalue weighted by Crippen LogP contribution is -2.47. The Labute approximate surface area is 138 Å². The highest BCUT2D eigenvalue weighted by molar-refractivity contribution is 5.98. The number of imide groups is 1. The minimum absolute atomic E-state index is 0.0746. The van der Waals surface area contributed by atoms with Crippen molar-refractivity contribution < 1.29 is 9.59 Å². The third-order valence-corrected chi connectivity index (χ3v) is 4.34. The molecule has 1 aliphatic rings. The third kappa shape index (κ3) is 4.10. The quantitative estimate of drug-likeness (QED) is 0.847. The molecule has 2 N–H and O–H groups in total. The van der Waals surface area contributed by atoms with Gasteiger partial charge >= 0.3 is 6.03 Å². The van der Waals surface area contributed by atoms with Gasteiger partial charge in [-0.2, -0.15) is 0 Å². The van der Waals surface area contributed by atoms with E-state index in [2.05, 4.69) is 55.7 Å². The Balaban J connectivity index is 2.08. The van der Waals surface area contributed by atoms with Crippen molar-refractivity contribution in [2.45, 2.75) is 46.2 Å². The molecule has 0 aromatic heterocycles. The fourth-order valence-electron chi connectivity index (χ4n) is 2.89. The van der Waals surface area contributed by atoms with Crippen molar-refractivity contribution >= 4 is 11.9 Å². The van der Waals surface area contributed by atoms with E-state index in [4.69, 9.17) is 0 Å². The lowest BCUT2D eigenvalue weighted by atomic mass is 9.94. The summed E-state index contributed by atoms with van der Waals surface area (Å²) in [5, 5.41) is 6.06. The summed E-state index contributed by atoms with van der Waals surface area (Å²) in [7, 11) is 0. The second kappa shape index (κ2) is 7.59. The van der Waals surface area contributed by atoms with Crippen molar-refractivity contribution in [2.24, 2.45) is 5.92 Å². The summed E-state index contributed by atoms with van der Waals surface area (Å²) in [6, 6.07) is 7.88. The monoisotopic (exact) mass is 317 g/mol. The normalized spacial score (nSPS) is 17.3. The molecule has 1 aromatic carbocycles. The van der Waals surface area contributed by atoms with Crippen molar-refractivity contribution in [1.29, 1.82) is 0 Å². The van der Waals surface area contributed by atoms with Gasteiger partial charge in [-0.25, -0.2) is 4.79 Å². The molecular formula is C18H27N3O2. The molecule has 1 aliphatic heterocycles. The molecule has 5 heteroatoms. The summed E-state index contributed by atoms with van der Waals surface area (Å²) < 4.78 is 0. The first-order valence-electron chi connectivity index (χ1n) is 8.38. The van der Waals surface area contributed by atoms with Gasteiger partial charge < -0.3 is 5.32 Å². The molecule has 0 aliphatic carbocycles. The lowest BCUT2D eigenvalue weighted by molar-refractivity contribution is -0.129. The van der Waals surface area contributed by atoms with E-state index < -0.39 is 6.04 Å². The number of carbonyl (C=O) groups excluding carboxylic acids is 2. The van der Waals surface area contributed by atoms with Gasteiger partial charge in [0.05, 0.1) is 6.04 Å². The van der Waals surface area contributed by atoms with Crippen LogP contribution in [0.3, 0.4) is 0 Å². The highest BCUT2D eigenvalue weighted by Gasteiger charge is 2.31. The van der Waals surface area contributed by atoms with Gasteiger partial charge in [0.25, 0.3) is 0 Å². The van der Waals surface area contributed by atoms with Crippen LogP contribution < -0.4 is 10.6 Å². The summed E-state index contributed by atoms with van der Waals surface area (Å²) in [5.74, 6) is 0.168. The highest BCUT2D eigenvalue weighted by atomic mass is 16.2. The zero-order valence-electron chi connectivity index (χ0n) is 14.4. The van der Waals surface area contributed by atoms with Crippen molar-refractivity contribution in [3.63, 3.8) is 0 Å². The Morgan fingerprint density at radius 2 is 1.91 bits per heavy atom. The van der Waals surface area contributed by atoms with Gasteiger partial charge in [-0.05, 0) is 30.4 Å². The standard InChI is InChI=1S/C18H27N3O2/c1-5-14-6-8-15(9-7-14)16(12(2)3)20-13(4)17(22)21-11-10-19-18(21)23/h6-9,12-13,16,20H,5,10-11H2,1-4H3,(H,19,23)/t13-,16+/m1/s1. The molecule has 1 aromatic rings. The molecule has 0 radical (unpaired) electrons. The minimum Gasteiger partial charge on any atom is -0.336 e. The van der Waals surface area contributed by atoms with E-state index in [0.29, 0.717) is 19.0 Å². The van der Waals surface area contributed by atoms with Gasteiger partial charge in [0, 0.05) is 19.1 Å². The number of nitrogens with one attached hydrogen (secondary N) is 2. The van der Waals surface area contributed by atoms with E-state index in [1.807, 2.05) is 6.92 Å². The first-order valence-corrected chi connectivity index (χ1v) is 8.38. The lowest BCUT2D eigenvalue weighted by Gasteiger charge is -2.28. The van der Waals surface area contributed by atoms with Crippen molar-refractivity contribution in [3.8, 4) is 0 Å². The largest absolute Gasteiger partial charge is 0.336 e. The molecule has 5 nitrogen and oxygen atoms in total. The minimum atomic E-state index is -0.405. The zero-order chi connectivity index (χ0) is 17.0. The van der Waals surface area contributed by atoms with Gasteiger partial charge in [0.2, 0.25) is 5.91 Å². The van der Waals surface area contributed by atoms with Crippen LogP contribution >= 0.6 is 0 Å². The summed E-state index contributed by atoms with van der Waals surface area (Å²) in [6.07, 6.45) is 1.01. The van der Waals surface area contributed by atoms with Crippen LogP contribution in [0.2, 0.25) is 0 Å². The third-order valence-electron chi connectivity index (χ3n) is 4.34. The predicted molar refractivity (Wildman–Crippen MR) is 91.1 cm³/mol. The summed E-state index contributed by atoms with van der Waals surface area (Å²) in [5.41, 5.74) is 2.47. The molecule has 0 unspecified atom stereocenters. The van der Waals surface area contributed by atoms with E-state index in [1.165, 1.54) is 16.0 Å². The Bertz CT molecular complexity index is 554. The fourth-order valence-corrected chi connectivity index (χ4v) is 2.89. The van der Waals surface area contributed by atoms with Crippen LogP contribution in [0.25, 0.3) is 0 Å². The van der Waals surface area contributed by atoms with E-state index in [0.717, 1.165) is 6.42 Å². The molecule has 2 rings (SSSR count). The second-order valence-electron chi connectivity index (χ2n) is 6.43. The summed E-state index contributed by atoms with van der Waals surface area (Å²) in [6.45, 7) is 9.19. The van der Waals surface area contributed by atoms with E-state index in [1.54, 1.807) is 0 Å². The maximum absolute atomic E-state index is 12.4. The van der Waals surface area contributed by atoms with Crippen LogP contribution in [0.5, 0.6) is 0 Å². The van der Waals surface area contributed by atoms with E-state index in [-0.39, 0.29) is 18.0 Å². The maximum atomic E-state index is 12.4. The zero-order valence-corrected chi connectivity index (χ0v) is 14.4. The molecule has 23 heavy (non-hydrogen) atoms. The molecule has 0 spiro atoms. The van der Waals surface area contributed by atoms with Crippen LogP contribution in [-0.2, 0) is 11.2 Å². The van der Waals surface area contributed by atoms with Crippen molar-refractivity contribution in [2.75, 3.05) is 13.1 Å². The Morgan fingerprint density at radius 3 is 2.39 bits per heavy atom. The topological polar surface area (TPSA) is 61.4 Å². The molecular weight excluding hydrogens is 290 g/mol. The van der Waals surface area contributed by atoms with Gasteiger partial charge in [0.1, 0.15) is 0 Å². The average Bonchev–Trinajstić information content (AvgIpc) is 2.97. The number of urea groups is 1. The number of rotatable bonds is 6. The molecule has 1 fully saturated rings. The van der Waals surface area contributed by atoms with Gasteiger partial charge in [-0.1, -0.05) is 45.0 Å². The summed E-state index contributed by atoms with van der Waals surface area (Å²) in [4.78, 5) is 25.4. The average molecular weight is 317 g/mol. The van der Waals surface area contributed by atoms with Crippen molar-refractivity contribution in [1.82, 2.24) is 15.5 Å². The molecule has 2 atom stereocenters. The molecule has 0 saturated carbocycles. The molecule has 0 bridgehead atoms. The Kier molecular flexibility index (Phi) is 5.77. The van der Waals surface area contributed by atoms with Crippen molar-refractivity contribution in [3.05, 3.63) is 35.4 Å². The number of amides is 3. The predicted octanol–water partition coefficient (Wildman–Crippen LogP) is 2.48. The van der Waals surface area contributed by atoms with Crippen LogP contribution in [0.1, 0.15) is 44.9 Å². The maximum Gasteiger partial charge on any atom is 0.324 e. The van der Waals surface area contributed by atoms with E-state index >= 15 is 0 Å². The second-order valence-corrected chi connectivity index (χ2v) is 6.43. The smallest absolute Gasteiger partial charge is 0.324 e. The van der Waals surface area contributed by atoms with Gasteiger partial charge in [-0.15, -0.1) is 0 Å². The molecule has 3 amide bonds. The molecule has 1 heterocycles. The number of hydrogen-bond donors (Lipinski definition) is 2. The number of nitrogens with zero attached hydrogens (tertiary/aromatic N) is 1. The first kappa shape index (κ1) is 17.5. The van der Waals surface area contributed by atoms with Gasteiger partial charge in [-0.3, -0.25) is 15.0 Å².